The quantitative estimate of drug-likeness (QED) is 0.349. The van der Waals surface area contributed by atoms with Crippen molar-refractivity contribution in [1.82, 2.24) is 14.9 Å². The molecule has 0 fully saturated rings. The highest BCUT2D eigenvalue weighted by atomic mass is 35.5. The van der Waals surface area contributed by atoms with Crippen LogP contribution in [-0.2, 0) is 11.2 Å². The summed E-state index contributed by atoms with van der Waals surface area (Å²) < 4.78 is 5.09. The fraction of sp³-hybridized carbons (Fsp3) is 0.308. The number of Topliss-reactive ketones (excluding diaryl/α,β-unsaturated/α-hetero) is 1. The summed E-state index contributed by atoms with van der Waals surface area (Å²) >= 11 is 5.99. The number of aromatic amines is 1. The van der Waals surface area contributed by atoms with Crippen LogP contribution in [0.3, 0.4) is 0 Å². The molecule has 0 aliphatic carbocycles. The second-order valence-corrected chi connectivity index (χ2v) is 8.40. The molecule has 1 atom stereocenters. The number of carbonyl (C=O) groups excluding carboxylic acids is 3. The number of halogens is 1. The molecular formula is C26H28ClN3O4. The number of rotatable bonds is 9. The molecule has 2 aromatic heterocycles. The van der Waals surface area contributed by atoms with Crippen LogP contribution in [0.5, 0.6) is 0 Å². The molecule has 2 heterocycles. The number of amides is 1. The second kappa shape index (κ2) is 11.1. The topological polar surface area (TPSA) is 92.4 Å². The Kier molecular flexibility index (Phi) is 8.23. The predicted octanol–water partition coefficient (Wildman–Crippen LogP) is 4.81. The molecule has 0 aliphatic rings. The molecule has 1 aromatic carbocycles. The van der Waals surface area contributed by atoms with Crippen molar-refractivity contribution in [1.29, 1.82) is 0 Å². The summed E-state index contributed by atoms with van der Waals surface area (Å²) in [6.07, 6.45) is 2.18. The molecule has 0 spiro atoms. The van der Waals surface area contributed by atoms with Crippen molar-refractivity contribution in [3.8, 4) is 0 Å². The van der Waals surface area contributed by atoms with Crippen LogP contribution in [0, 0.1) is 13.8 Å². The van der Waals surface area contributed by atoms with Gasteiger partial charge in [0.15, 0.2) is 5.78 Å². The first-order valence-electron chi connectivity index (χ1n) is 11.1. The zero-order chi connectivity index (χ0) is 24.8. The molecule has 178 valence electrons. The van der Waals surface area contributed by atoms with Gasteiger partial charge in [-0.1, -0.05) is 17.7 Å². The molecular weight excluding hydrogens is 454 g/mol. The van der Waals surface area contributed by atoms with Crippen LogP contribution >= 0.6 is 11.6 Å². The number of esters is 1. The lowest BCUT2D eigenvalue weighted by Crippen LogP contribution is -2.44. The molecule has 0 saturated heterocycles. The lowest BCUT2D eigenvalue weighted by Gasteiger charge is -2.29. The van der Waals surface area contributed by atoms with Crippen molar-refractivity contribution in [2.24, 2.45) is 0 Å². The number of nitrogens with zero attached hydrogens (tertiary/aromatic N) is 2. The minimum atomic E-state index is -0.782. The van der Waals surface area contributed by atoms with E-state index in [1.54, 1.807) is 58.2 Å². The maximum atomic E-state index is 13.6. The van der Waals surface area contributed by atoms with Gasteiger partial charge in [0.05, 0.1) is 12.6 Å². The summed E-state index contributed by atoms with van der Waals surface area (Å²) in [5.41, 5.74) is 2.95. The highest BCUT2D eigenvalue weighted by molar-refractivity contribution is 6.30. The number of hydrogen-bond donors (Lipinski definition) is 1. The second-order valence-electron chi connectivity index (χ2n) is 7.96. The maximum absolute atomic E-state index is 13.6. The highest BCUT2D eigenvalue weighted by Gasteiger charge is 2.31. The van der Waals surface area contributed by atoms with Gasteiger partial charge in [-0.3, -0.25) is 14.6 Å². The van der Waals surface area contributed by atoms with E-state index < -0.39 is 12.0 Å². The number of pyridine rings is 1. The van der Waals surface area contributed by atoms with Gasteiger partial charge in [0.2, 0.25) is 0 Å². The van der Waals surface area contributed by atoms with Crippen molar-refractivity contribution in [2.75, 3.05) is 13.2 Å². The Morgan fingerprint density at radius 1 is 1.12 bits per heavy atom. The summed E-state index contributed by atoms with van der Waals surface area (Å²) in [5, 5.41) is 0.519. The van der Waals surface area contributed by atoms with Gasteiger partial charge < -0.3 is 14.6 Å². The van der Waals surface area contributed by atoms with Crippen LogP contribution < -0.4 is 0 Å². The number of H-pyrrole nitrogens is 1. The number of ether oxygens (including phenoxy) is 1. The third-order valence-electron chi connectivity index (χ3n) is 5.70. The first-order chi connectivity index (χ1) is 16.2. The van der Waals surface area contributed by atoms with Crippen LogP contribution in [0.4, 0.5) is 0 Å². The molecule has 0 radical (unpaired) electrons. The standard InChI is InChI=1S/C26H28ClN3O4/c1-5-34-26(33)23-16(2)22(17(3)29-23)24(31)18(4)30(15-13-21-8-6-7-14-28-21)25(32)19-9-11-20(27)12-10-19/h6-12,14,18,29H,5,13,15H2,1-4H3. The van der Waals surface area contributed by atoms with E-state index in [1.165, 1.54) is 4.90 Å². The normalized spacial score (nSPS) is 11.7. The fourth-order valence-electron chi connectivity index (χ4n) is 3.89. The molecule has 3 rings (SSSR count). The van der Waals surface area contributed by atoms with Gasteiger partial charge in [0, 0.05) is 46.7 Å². The van der Waals surface area contributed by atoms with Gasteiger partial charge in [-0.2, -0.15) is 0 Å². The first kappa shape index (κ1) is 25.2. The Balaban J connectivity index is 1.93. The Morgan fingerprint density at radius 2 is 1.82 bits per heavy atom. The van der Waals surface area contributed by atoms with E-state index in [0.717, 1.165) is 5.69 Å². The van der Waals surface area contributed by atoms with E-state index in [1.807, 2.05) is 18.2 Å². The van der Waals surface area contributed by atoms with Gasteiger partial charge in [0.25, 0.3) is 5.91 Å². The molecule has 1 unspecified atom stereocenters. The number of aromatic nitrogens is 2. The number of nitrogens with one attached hydrogen (secondary N) is 1. The number of aryl methyl sites for hydroxylation is 1. The van der Waals surface area contributed by atoms with Crippen molar-refractivity contribution in [2.45, 2.75) is 40.2 Å². The third kappa shape index (κ3) is 5.54. The zero-order valence-electron chi connectivity index (χ0n) is 19.7. The molecule has 0 saturated carbocycles. The summed E-state index contributed by atoms with van der Waals surface area (Å²) in [7, 11) is 0. The molecule has 8 heteroatoms. The summed E-state index contributed by atoms with van der Waals surface area (Å²) in [6.45, 7) is 7.37. The summed E-state index contributed by atoms with van der Waals surface area (Å²) in [5.74, 6) is -1.06. The Morgan fingerprint density at radius 3 is 2.44 bits per heavy atom. The molecule has 1 N–H and O–H groups in total. The van der Waals surface area contributed by atoms with E-state index in [-0.39, 0.29) is 24.0 Å². The van der Waals surface area contributed by atoms with Crippen molar-refractivity contribution in [3.05, 3.63) is 87.5 Å². The highest BCUT2D eigenvalue weighted by Crippen LogP contribution is 2.23. The SMILES string of the molecule is CCOC(=O)c1[nH]c(C)c(C(=O)C(C)N(CCc2ccccn2)C(=O)c2ccc(Cl)cc2)c1C. The smallest absolute Gasteiger partial charge is 0.355 e. The van der Waals surface area contributed by atoms with Gasteiger partial charge >= 0.3 is 5.97 Å². The van der Waals surface area contributed by atoms with Gasteiger partial charge in [-0.25, -0.2) is 4.79 Å². The monoisotopic (exact) mass is 481 g/mol. The van der Waals surface area contributed by atoms with Crippen molar-refractivity contribution < 1.29 is 19.1 Å². The third-order valence-corrected chi connectivity index (χ3v) is 5.95. The molecule has 0 bridgehead atoms. The van der Waals surface area contributed by atoms with Gasteiger partial charge in [-0.15, -0.1) is 0 Å². The van der Waals surface area contributed by atoms with Gasteiger partial charge in [-0.05, 0) is 69.7 Å². The number of hydrogen-bond acceptors (Lipinski definition) is 5. The Bertz CT molecular complexity index is 1170. The molecule has 3 aromatic rings. The molecule has 0 aliphatic heterocycles. The lowest BCUT2D eigenvalue weighted by molar-refractivity contribution is 0.0519. The minimum absolute atomic E-state index is 0.229. The zero-order valence-corrected chi connectivity index (χ0v) is 20.5. The predicted molar refractivity (Wildman–Crippen MR) is 130 cm³/mol. The minimum Gasteiger partial charge on any atom is -0.461 e. The average molecular weight is 482 g/mol. The molecule has 7 nitrogen and oxygen atoms in total. The van der Waals surface area contributed by atoms with E-state index in [4.69, 9.17) is 16.3 Å². The number of benzene rings is 1. The maximum Gasteiger partial charge on any atom is 0.355 e. The Hall–Kier alpha value is -3.45. The van der Waals surface area contributed by atoms with Crippen LogP contribution in [0.1, 0.15) is 62.0 Å². The Labute approximate surface area is 204 Å². The number of carbonyl (C=O) groups is 3. The largest absolute Gasteiger partial charge is 0.461 e. The van der Waals surface area contributed by atoms with Crippen LogP contribution in [-0.4, -0.2) is 51.7 Å². The van der Waals surface area contributed by atoms with Crippen molar-refractivity contribution in [3.63, 3.8) is 0 Å². The van der Waals surface area contributed by atoms with E-state index in [9.17, 15) is 14.4 Å². The summed E-state index contributed by atoms with van der Waals surface area (Å²) in [4.78, 5) is 48.2. The lowest BCUT2D eigenvalue weighted by atomic mass is 9.99. The van der Waals surface area contributed by atoms with Crippen LogP contribution in [0.2, 0.25) is 5.02 Å². The van der Waals surface area contributed by atoms with E-state index in [0.29, 0.717) is 40.4 Å². The van der Waals surface area contributed by atoms with Crippen molar-refractivity contribution >= 4 is 29.3 Å². The van der Waals surface area contributed by atoms with Gasteiger partial charge in [0.1, 0.15) is 5.69 Å². The molecule has 34 heavy (non-hydrogen) atoms. The molecule has 1 amide bonds. The van der Waals surface area contributed by atoms with Crippen LogP contribution in [0.25, 0.3) is 0 Å². The first-order valence-corrected chi connectivity index (χ1v) is 11.5. The number of ketones is 1. The fourth-order valence-corrected chi connectivity index (χ4v) is 4.01. The van der Waals surface area contributed by atoms with E-state index in [2.05, 4.69) is 9.97 Å². The summed E-state index contributed by atoms with van der Waals surface area (Å²) in [6, 6.07) is 11.4. The average Bonchev–Trinajstić information content (AvgIpc) is 3.13. The van der Waals surface area contributed by atoms with Crippen LogP contribution in [0.15, 0.2) is 48.7 Å². The van der Waals surface area contributed by atoms with E-state index >= 15 is 0 Å².